The number of aromatic nitrogens is 1. The van der Waals surface area contributed by atoms with E-state index < -0.39 is 0 Å². The summed E-state index contributed by atoms with van der Waals surface area (Å²) in [6, 6.07) is 0. The summed E-state index contributed by atoms with van der Waals surface area (Å²) in [6.07, 6.45) is 1.86. The number of piperazine rings is 1. The fraction of sp³-hybridized carbons (Fsp3) is 0.700. The molecule has 5 heteroatoms. The van der Waals surface area contributed by atoms with Gasteiger partial charge in [0.1, 0.15) is 5.01 Å². The number of thiazole rings is 1. The van der Waals surface area contributed by atoms with E-state index in [-0.39, 0.29) is 0 Å². The van der Waals surface area contributed by atoms with Crippen molar-refractivity contribution in [2.45, 2.75) is 6.54 Å². The van der Waals surface area contributed by atoms with E-state index in [1.165, 1.54) is 18.1 Å². The minimum absolute atomic E-state index is 0.907. The minimum Gasteiger partial charge on any atom is -0.314 e. The molecular weight excluding hydrogens is 208 g/mol. The van der Waals surface area contributed by atoms with Crippen LogP contribution < -0.4 is 10.6 Å². The van der Waals surface area contributed by atoms with Crippen LogP contribution in [-0.2, 0) is 6.54 Å². The fourth-order valence-corrected chi connectivity index (χ4v) is 2.29. The predicted octanol–water partition coefficient (Wildman–Crippen LogP) is 0.138. The third-order valence-electron chi connectivity index (χ3n) is 2.57. The molecule has 2 heterocycles. The molecular formula is C10H18N4S. The van der Waals surface area contributed by atoms with E-state index >= 15 is 0 Å². The lowest BCUT2D eigenvalue weighted by Crippen LogP contribution is -2.45. The van der Waals surface area contributed by atoms with Gasteiger partial charge in [0, 0.05) is 57.4 Å². The maximum Gasteiger partial charge on any atom is 0.106 e. The lowest BCUT2D eigenvalue weighted by molar-refractivity contribution is 0.241. The van der Waals surface area contributed by atoms with Gasteiger partial charge in [-0.2, -0.15) is 0 Å². The first-order valence-electron chi connectivity index (χ1n) is 5.47. The largest absolute Gasteiger partial charge is 0.314 e. The Labute approximate surface area is 94.7 Å². The van der Waals surface area contributed by atoms with Crippen LogP contribution in [0.5, 0.6) is 0 Å². The molecule has 0 bridgehead atoms. The molecule has 1 aromatic rings. The van der Waals surface area contributed by atoms with E-state index in [4.69, 9.17) is 0 Å². The van der Waals surface area contributed by atoms with Gasteiger partial charge in [0.05, 0.1) is 0 Å². The number of nitrogens with one attached hydrogen (secondary N) is 2. The van der Waals surface area contributed by atoms with Crippen LogP contribution in [0.3, 0.4) is 0 Å². The van der Waals surface area contributed by atoms with Gasteiger partial charge in [-0.3, -0.25) is 4.90 Å². The average molecular weight is 226 g/mol. The molecule has 2 N–H and O–H groups in total. The standard InChI is InChI=1S/C10H18N4S/c1-5-14(6-2-11-1)7-3-12-9-10-13-4-8-15-10/h4,8,11-12H,1-3,5-7,9H2. The zero-order valence-corrected chi connectivity index (χ0v) is 9.72. The molecule has 1 aromatic heterocycles. The minimum atomic E-state index is 0.907. The van der Waals surface area contributed by atoms with Gasteiger partial charge in [0.2, 0.25) is 0 Å². The van der Waals surface area contributed by atoms with Crippen molar-refractivity contribution in [1.29, 1.82) is 0 Å². The first-order valence-corrected chi connectivity index (χ1v) is 6.35. The van der Waals surface area contributed by atoms with Gasteiger partial charge in [0.25, 0.3) is 0 Å². The second-order valence-corrected chi connectivity index (χ2v) is 4.67. The normalized spacial score (nSPS) is 18.1. The van der Waals surface area contributed by atoms with Gasteiger partial charge in [-0.1, -0.05) is 0 Å². The SMILES string of the molecule is c1csc(CNCCN2CCNCC2)n1. The summed E-state index contributed by atoms with van der Waals surface area (Å²) < 4.78 is 0. The molecule has 2 rings (SSSR count). The van der Waals surface area contributed by atoms with Crippen molar-refractivity contribution in [1.82, 2.24) is 20.5 Å². The van der Waals surface area contributed by atoms with E-state index in [0.29, 0.717) is 0 Å². The Morgan fingerprint density at radius 3 is 3.07 bits per heavy atom. The molecule has 15 heavy (non-hydrogen) atoms. The van der Waals surface area contributed by atoms with Gasteiger partial charge >= 0.3 is 0 Å². The van der Waals surface area contributed by atoms with E-state index in [9.17, 15) is 0 Å². The molecule has 0 saturated carbocycles. The Balaban J connectivity index is 1.54. The summed E-state index contributed by atoms with van der Waals surface area (Å²) >= 11 is 1.71. The molecule has 84 valence electrons. The van der Waals surface area contributed by atoms with E-state index in [1.807, 2.05) is 11.6 Å². The van der Waals surface area contributed by atoms with Crippen LogP contribution in [0.15, 0.2) is 11.6 Å². The molecule has 0 unspecified atom stereocenters. The maximum absolute atomic E-state index is 4.23. The molecule has 0 aromatic carbocycles. The smallest absolute Gasteiger partial charge is 0.106 e. The molecule has 0 aliphatic carbocycles. The quantitative estimate of drug-likeness (QED) is 0.701. The highest BCUT2D eigenvalue weighted by atomic mass is 32.1. The molecule has 1 aliphatic heterocycles. The number of hydrogen-bond donors (Lipinski definition) is 2. The van der Waals surface area contributed by atoms with Crippen LogP contribution in [0.2, 0.25) is 0 Å². The van der Waals surface area contributed by atoms with Crippen LogP contribution in [0, 0.1) is 0 Å². The van der Waals surface area contributed by atoms with Gasteiger partial charge < -0.3 is 10.6 Å². The summed E-state index contributed by atoms with van der Waals surface area (Å²) in [5.41, 5.74) is 0. The van der Waals surface area contributed by atoms with E-state index in [1.54, 1.807) is 11.3 Å². The molecule has 0 radical (unpaired) electrons. The van der Waals surface area contributed by atoms with E-state index in [2.05, 4.69) is 20.5 Å². The van der Waals surface area contributed by atoms with Crippen molar-refractivity contribution in [3.8, 4) is 0 Å². The van der Waals surface area contributed by atoms with Crippen molar-refractivity contribution in [2.24, 2.45) is 0 Å². The van der Waals surface area contributed by atoms with Crippen molar-refractivity contribution >= 4 is 11.3 Å². The highest BCUT2D eigenvalue weighted by molar-refractivity contribution is 7.09. The van der Waals surface area contributed by atoms with Gasteiger partial charge in [-0.25, -0.2) is 4.98 Å². The molecule has 1 fully saturated rings. The highest BCUT2D eigenvalue weighted by Gasteiger charge is 2.07. The second kappa shape index (κ2) is 6.17. The second-order valence-electron chi connectivity index (χ2n) is 3.69. The van der Waals surface area contributed by atoms with E-state index in [0.717, 1.165) is 32.7 Å². The predicted molar refractivity (Wildman–Crippen MR) is 63.1 cm³/mol. The highest BCUT2D eigenvalue weighted by Crippen LogP contribution is 2.02. The van der Waals surface area contributed by atoms with Crippen molar-refractivity contribution in [3.63, 3.8) is 0 Å². The molecule has 0 spiro atoms. The number of hydrogen-bond acceptors (Lipinski definition) is 5. The Morgan fingerprint density at radius 1 is 1.47 bits per heavy atom. The molecule has 0 amide bonds. The van der Waals surface area contributed by atoms with Crippen molar-refractivity contribution < 1.29 is 0 Å². The third kappa shape index (κ3) is 3.87. The van der Waals surface area contributed by atoms with Crippen LogP contribution in [0.1, 0.15) is 5.01 Å². The Hall–Kier alpha value is -0.490. The fourth-order valence-electron chi connectivity index (χ4n) is 1.71. The number of rotatable bonds is 5. The van der Waals surface area contributed by atoms with Gasteiger partial charge in [-0.05, 0) is 0 Å². The summed E-state index contributed by atoms with van der Waals surface area (Å²) in [4.78, 5) is 6.72. The zero-order chi connectivity index (χ0) is 10.3. The molecule has 4 nitrogen and oxygen atoms in total. The topological polar surface area (TPSA) is 40.2 Å². The number of nitrogens with zero attached hydrogens (tertiary/aromatic N) is 2. The molecule has 0 atom stereocenters. The molecule has 1 aliphatic rings. The first-order chi connectivity index (χ1) is 7.45. The monoisotopic (exact) mass is 226 g/mol. The zero-order valence-electron chi connectivity index (χ0n) is 8.91. The van der Waals surface area contributed by atoms with Crippen molar-refractivity contribution in [2.75, 3.05) is 39.3 Å². The first kappa shape index (κ1) is 11.0. The third-order valence-corrected chi connectivity index (χ3v) is 3.35. The van der Waals surface area contributed by atoms with Crippen LogP contribution in [0.4, 0.5) is 0 Å². The van der Waals surface area contributed by atoms with Crippen LogP contribution in [-0.4, -0.2) is 49.2 Å². The Kier molecular flexibility index (Phi) is 4.53. The maximum atomic E-state index is 4.23. The molecule has 1 saturated heterocycles. The average Bonchev–Trinajstić information content (AvgIpc) is 2.79. The van der Waals surface area contributed by atoms with Crippen LogP contribution in [0.25, 0.3) is 0 Å². The summed E-state index contributed by atoms with van der Waals surface area (Å²) in [5.74, 6) is 0. The van der Waals surface area contributed by atoms with Crippen LogP contribution >= 0.6 is 11.3 Å². The summed E-state index contributed by atoms with van der Waals surface area (Å²) in [5, 5.41) is 9.98. The van der Waals surface area contributed by atoms with Gasteiger partial charge in [-0.15, -0.1) is 11.3 Å². The summed E-state index contributed by atoms with van der Waals surface area (Å²) in [6.45, 7) is 7.73. The Morgan fingerprint density at radius 2 is 2.33 bits per heavy atom. The summed E-state index contributed by atoms with van der Waals surface area (Å²) in [7, 11) is 0. The lowest BCUT2D eigenvalue weighted by Gasteiger charge is -2.27. The Bertz CT molecular complexity index is 256. The van der Waals surface area contributed by atoms with Crippen molar-refractivity contribution in [3.05, 3.63) is 16.6 Å². The van der Waals surface area contributed by atoms with Gasteiger partial charge in [0.15, 0.2) is 0 Å². The lowest BCUT2D eigenvalue weighted by atomic mass is 10.3.